The normalized spacial score (nSPS) is 10.3. The van der Waals surface area contributed by atoms with Crippen molar-refractivity contribution < 1.29 is 0 Å². The first-order chi connectivity index (χ1) is 8.46. The van der Waals surface area contributed by atoms with E-state index in [0.29, 0.717) is 0 Å². The van der Waals surface area contributed by atoms with E-state index in [4.69, 9.17) is 0 Å². The lowest BCUT2D eigenvalue weighted by atomic mass is 9.99. The Kier molecular flexibility index (Phi) is 10.5. The summed E-state index contributed by atoms with van der Waals surface area (Å²) in [5.74, 6) is 2.25. The summed E-state index contributed by atoms with van der Waals surface area (Å²) in [4.78, 5) is 0. The Morgan fingerprint density at radius 1 is 1.21 bits per heavy atom. The lowest BCUT2D eigenvalue weighted by Gasteiger charge is -2.06. The molecule has 0 heteroatoms. The second kappa shape index (κ2) is 10.2. The SMILES string of the molecule is C.C#CC.C/C=C(C)\C=C/c1cc(C)cc(C)c1C. The van der Waals surface area contributed by atoms with Gasteiger partial charge in [0.25, 0.3) is 0 Å². The van der Waals surface area contributed by atoms with Crippen LogP contribution in [0.5, 0.6) is 0 Å². The molecule has 0 fully saturated rings. The Hall–Kier alpha value is -1.74. The second-order valence-electron chi connectivity index (χ2n) is 4.45. The summed E-state index contributed by atoms with van der Waals surface area (Å²) >= 11 is 0. The Morgan fingerprint density at radius 3 is 2.21 bits per heavy atom. The van der Waals surface area contributed by atoms with Crippen LogP contribution in [0, 0.1) is 33.1 Å². The molecule has 0 radical (unpaired) electrons. The summed E-state index contributed by atoms with van der Waals surface area (Å²) in [6.07, 6.45) is 11.1. The van der Waals surface area contributed by atoms with Gasteiger partial charge in [-0.3, -0.25) is 0 Å². The summed E-state index contributed by atoms with van der Waals surface area (Å²) in [5, 5.41) is 0. The fourth-order valence-electron chi connectivity index (χ4n) is 1.56. The molecule has 0 saturated heterocycles. The van der Waals surface area contributed by atoms with Gasteiger partial charge >= 0.3 is 0 Å². The number of allylic oxidation sites excluding steroid dienone is 3. The minimum Gasteiger partial charge on any atom is -0.120 e. The van der Waals surface area contributed by atoms with Crippen LogP contribution in [0.1, 0.15) is 50.5 Å². The standard InChI is InChI=1S/C15H20.C3H4.CH4/c1-6-11(2)7-8-15-10-12(3)9-13(4)14(15)5;1-3-2;/h6-10H,1-5H3;1H,2H3;1H4/b8-7-,11-6-;;. The van der Waals surface area contributed by atoms with E-state index in [0.717, 1.165) is 0 Å². The van der Waals surface area contributed by atoms with Gasteiger partial charge in [0.05, 0.1) is 0 Å². The van der Waals surface area contributed by atoms with Crippen molar-refractivity contribution in [1.29, 1.82) is 0 Å². The number of hydrogen-bond acceptors (Lipinski definition) is 0. The van der Waals surface area contributed by atoms with Crippen molar-refractivity contribution in [2.75, 3.05) is 0 Å². The van der Waals surface area contributed by atoms with Crippen molar-refractivity contribution >= 4 is 6.08 Å². The van der Waals surface area contributed by atoms with E-state index >= 15 is 0 Å². The first-order valence-electron chi connectivity index (χ1n) is 6.22. The van der Waals surface area contributed by atoms with Crippen LogP contribution in [0.3, 0.4) is 0 Å². The molecule has 0 atom stereocenters. The third-order valence-electron chi connectivity index (χ3n) is 2.83. The van der Waals surface area contributed by atoms with Gasteiger partial charge < -0.3 is 0 Å². The molecule has 0 aromatic heterocycles. The molecule has 0 aliphatic carbocycles. The molecule has 0 heterocycles. The van der Waals surface area contributed by atoms with Crippen LogP contribution in [0.2, 0.25) is 0 Å². The minimum absolute atomic E-state index is 0. The molecule has 19 heavy (non-hydrogen) atoms. The van der Waals surface area contributed by atoms with Crippen molar-refractivity contribution in [3.05, 3.63) is 52.1 Å². The van der Waals surface area contributed by atoms with E-state index in [1.54, 1.807) is 6.92 Å². The van der Waals surface area contributed by atoms with Crippen LogP contribution < -0.4 is 0 Å². The molecule has 0 spiro atoms. The lowest BCUT2D eigenvalue weighted by Crippen LogP contribution is -1.88. The smallest absolute Gasteiger partial charge is 0.00297 e. The molecule has 1 aromatic carbocycles. The molecule has 104 valence electrons. The first kappa shape index (κ1) is 19.6. The van der Waals surface area contributed by atoms with Gasteiger partial charge in [0.1, 0.15) is 0 Å². The number of hydrogen-bond donors (Lipinski definition) is 0. The first-order valence-corrected chi connectivity index (χ1v) is 6.22. The second-order valence-corrected chi connectivity index (χ2v) is 4.45. The molecule has 0 unspecified atom stereocenters. The van der Waals surface area contributed by atoms with Crippen molar-refractivity contribution in [3.63, 3.8) is 0 Å². The van der Waals surface area contributed by atoms with Gasteiger partial charge in [-0.2, -0.15) is 0 Å². The van der Waals surface area contributed by atoms with Crippen LogP contribution in [0.25, 0.3) is 6.08 Å². The zero-order valence-corrected chi connectivity index (χ0v) is 12.5. The number of aryl methyl sites for hydroxylation is 2. The van der Waals surface area contributed by atoms with E-state index in [2.05, 4.69) is 77.3 Å². The van der Waals surface area contributed by atoms with E-state index in [9.17, 15) is 0 Å². The minimum atomic E-state index is 0. The quantitative estimate of drug-likeness (QED) is 0.459. The molecule has 0 nitrogen and oxygen atoms in total. The third kappa shape index (κ3) is 7.32. The van der Waals surface area contributed by atoms with Gasteiger partial charge in [0.15, 0.2) is 0 Å². The molecular formula is C19H28. The van der Waals surface area contributed by atoms with Gasteiger partial charge in [0, 0.05) is 0 Å². The van der Waals surface area contributed by atoms with Crippen LogP contribution in [-0.2, 0) is 0 Å². The maximum absolute atomic E-state index is 4.60. The topological polar surface area (TPSA) is 0 Å². The van der Waals surface area contributed by atoms with Gasteiger partial charge in [-0.05, 0) is 58.2 Å². The zero-order valence-electron chi connectivity index (χ0n) is 12.5. The summed E-state index contributed by atoms with van der Waals surface area (Å²) in [6, 6.07) is 4.47. The molecule has 0 aliphatic rings. The highest BCUT2D eigenvalue weighted by Gasteiger charge is 1.99. The predicted molar refractivity (Wildman–Crippen MR) is 90.4 cm³/mol. The van der Waals surface area contributed by atoms with E-state index in [-0.39, 0.29) is 7.43 Å². The van der Waals surface area contributed by atoms with Crippen LogP contribution in [-0.4, -0.2) is 0 Å². The Labute approximate surface area is 120 Å². The highest BCUT2D eigenvalue weighted by Crippen LogP contribution is 2.17. The van der Waals surface area contributed by atoms with E-state index in [1.807, 2.05) is 0 Å². The van der Waals surface area contributed by atoms with Gasteiger partial charge in [-0.1, -0.05) is 48.9 Å². The highest BCUT2D eigenvalue weighted by molar-refractivity contribution is 5.59. The Balaban J connectivity index is 0. The van der Waals surface area contributed by atoms with Crippen LogP contribution >= 0.6 is 0 Å². The number of rotatable bonds is 2. The Morgan fingerprint density at radius 2 is 1.74 bits per heavy atom. The maximum Gasteiger partial charge on any atom is -0.00297 e. The largest absolute Gasteiger partial charge is 0.120 e. The maximum atomic E-state index is 4.60. The summed E-state index contributed by atoms with van der Waals surface area (Å²) < 4.78 is 0. The average molecular weight is 256 g/mol. The van der Waals surface area contributed by atoms with Crippen molar-refractivity contribution in [1.82, 2.24) is 0 Å². The molecule has 0 aliphatic heterocycles. The average Bonchev–Trinajstić information content (AvgIpc) is 2.32. The fourth-order valence-corrected chi connectivity index (χ4v) is 1.56. The summed E-state index contributed by atoms with van der Waals surface area (Å²) in [6.45, 7) is 12.3. The summed E-state index contributed by atoms with van der Waals surface area (Å²) in [7, 11) is 0. The molecule has 0 saturated carbocycles. The third-order valence-corrected chi connectivity index (χ3v) is 2.83. The number of benzene rings is 1. The number of terminal acetylenes is 1. The molecule has 1 aromatic rings. The van der Waals surface area contributed by atoms with Gasteiger partial charge in [0.2, 0.25) is 0 Å². The Bertz CT molecular complexity index is 479. The van der Waals surface area contributed by atoms with Crippen LogP contribution in [0.15, 0.2) is 29.9 Å². The summed E-state index contributed by atoms with van der Waals surface area (Å²) in [5.41, 5.74) is 6.70. The molecule has 1 rings (SSSR count). The van der Waals surface area contributed by atoms with Gasteiger partial charge in [-0.15, -0.1) is 12.3 Å². The molecular weight excluding hydrogens is 228 g/mol. The fraction of sp³-hybridized carbons (Fsp3) is 0.368. The van der Waals surface area contributed by atoms with E-state index < -0.39 is 0 Å². The predicted octanol–water partition coefficient (Wildman–Crippen LogP) is 5.87. The van der Waals surface area contributed by atoms with E-state index in [1.165, 1.54) is 27.8 Å². The molecule has 0 bridgehead atoms. The molecule has 0 N–H and O–H groups in total. The van der Waals surface area contributed by atoms with Gasteiger partial charge in [-0.25, -0.2) is 0 Å². The van der Waals surface area contributed by atoms with Crippen molar-refractivity contribution in [3.8, 4) is 12.3 Å². The zero-order chi connectivity index (χ0) is 14.1. The molecule has 0 amide bonds. The monoisotopic (exact) mass is 256 g/mol. The van der Waals surface area contributed by atoms with Crippen LogP contribution in [0.4, 0.5) is 0 Å². The highest BCUT2D eigenvalue weighted by atomic mass is 14.0. The van der Waals surface area contributed by atoms with Crippen molar-refractivity contribution in [2.45, 2.75) is 49.0 Å². The lowest BCUT2D eigenvalue weighted by molar-refractivity contribution is 1.28. The van der Waals surface area contributed by atoms with Crippen molar-refractivity contribution in [2.24, 2.45) is 0 Å².